The molecule has 5 rings (SSSR count). The predicted octanol–water partition coefficient (Wildman–Crippen LogP) is 5.01. The van der Waals surface area contributed by atoms with Crippen molar-refractivity contribution in [2.45, 2.75) is 30.6 Å². The summed E-state index contributed by atoms with van der Waals surface area (Å²) in [6.07, 6.45) is 1.10. The molecule has 3 aromatic carbocycles. The van der Waals surface area contributed by atoms with Crippen molar-refractivity contribution in [3.63, 3.8) is 0 Å². The largest absolute Gasteiger partial charge is 0.368 e. The zero-order valence-corrected chi connectivity index (χ0v) is 21.2. The number of carbonyl (C=O) groups is 2. The Balaban J connectivity index is 1.14. The van der Waals surface area contributed by atoms with Gasteiger partial charge in [-0.25, -0.2) is 0 Å². The summed E-state index contributed by atoms with van der Waals surface area (Å²) in [6.45, 7) is 7.64. The molecule has 2 aliphatic heterocycles. The van der Waals surface area contributed by atoms with Crippen LogP contribution in [0.15, 0.2) is 71.6 Å². The van der Waals surface area contributed by atoms with E-state index in [1.165, 1.54) is 15.5 Å². The number of para-hydroxylation sites is 1. The summed E-state index contributed by atoms with van der Waals surface area (Å²) in [5.74, 6) is 0.633. The van der Waals surface area contributed by atoms with Gasteiger partial charge in [-0.05, 0) is 47.2 Å². The number of anilines is 1. The molecule has 0 radical (unpaired) electrons. The van der Waals surface area contributed by atoms with Crippen LogP contribution in [-0.2, 0) is 9.59 Å². The number of carbonyl (C=O) groups excluding carboxylic acids is 2. The quantitative estimate of drug-likeness (QED) is 0.330. The molecule has 1 atom stereocenters. The Morgan fingerprint density at radius 1 is 0.857 bits per heavy atom. The maximum atomic E-state index is 13.2. The third-order valence-electron chi connectivity index (χ3n) is 7.18. The first kappa shape index (κ1) is 23.9. The zero-order valence-electron chi connectivity index (χ0n) is 20.4. The molecule has 0 aromatic heterocycles. The Kier molecular flexibility index (Phi) is 7.40. The normalized spacial score (nSPS) is 19.2. The number of imide groups is 1. The van der Waals surface area contributed by atoms with Gasteiger partial charge in [0.2, 0.25) is 11.8 Å². The van der Waals surface area contributed by atoms with Gasteiger partial charge in [0.15, 0.2) is 0 Å². The second-order valence-corrected chi connectivity index (χ2v) is 10.6. The first-order chi connectivity index (χ1) is 17.2. The Bertz CT molecular complexity index is 1200. The van der Waals surface area contributed by atoms with Crippen LogP contribution >= 0.6 is 11.8 Å². The van der Waals surface area contributed by atoms with Crippen LogP contribution in [0.2, 0.25) is 0 Å². The standard InChI is InChI=1S/C29H33N3O2S/c1-2-35-27-14-6-5-13-26(27)31-19-17-30(18-20-31)15-8-16-32-28(33)21-25(29(32)34)24-12-7-10-22-9-3-4-11-23(22)24/h3-7,9-14,25H,2,8,15-21H2,1H3/t25-/m0/s1. The summed E-state index contributed by atoms with van der Waals surface area (Å²) >= 11 is 1.90. The van der Waals surface area contributed by atoms with Gasteiger partial charge in [0, 0.05) is 44.0 Å². The molecular weight excluding hydrogens is 454 g/mol. The molecule has 0 saturated carbocycles. The summed E-state index contributed by atoms with van der Waals surface area (Å²) in [4.78, 5) is 33.8. The number of fused-ring (bicyclic) bond motifs is 1. The summed E-state index contributed by atoms with van der Waals surface area (Å²) in [6, 6.07) is 22.8. The maximum Gasteiger partial charge on any atom is 0.237 e. The molecule has 0 N–H and O–H groups in total. The van der Waals surface area contributed by atoms with Gasteiger partial charge >= 0.3 is 0 Å². The summed E-state index contributed by atoms with van der Waals surface area (Å²) < 4.78 is 0. The third kappa shape index (κ3) is 5.09. The van der Waals surface area contributed by atoms with Gasteiger partial charge in [0.05, 0.1) is 11.6 Å². The first-order valence-electron chi connectivity index (χ1n) is 12.7. The molecule has 3 aromatic rings. The van der Waals surface area contributed by atoms with E-state index in [0.717, 1.165) is 61.2 Å². The van der Waals surface area contributed by atoms with E-state index in [1.807, 2.05) is 42.1 Å². The van der Waals surface area contributed by atoms with E-state index < -0.39 is 0 Å². The second kappa shape index (κ2) is 10.8. The number of hydrogen-bond donors (Lipinski definition) is 0. The van der Waals surface area contributed by atoms with Gasteiger partial charge in [0.25, 0.3) is 0 Å². The summed E-state index contributed by atoms with van der Waals surface area (Å²) in [5, 5.41) is 2.18. The number of amides is 2. The smallest absolute Gasteiger partial charge is 0.237 e. The molecule has 0 aliphatic carbocycles. The van der Waals surface area contributed by atoms with Crippen molar-refractivity contribution in [2.24, 2.45) is 0 Å². The molecule has 0 spiro atoms. The van der Waals surface area contributed by atoms with Gasteiger partial charge in [-0.3, -0.25) is 19.4 Å². The van der Waals surface area contributed by atoms with E-state index in [9.17, 15) is 9.59 Å². The van der Waals surface area contributed by atoms with E-state index >= 15 is 0 Å². The molecule has 182 valence electrons. The fourth-order valence-corrected chi connectivity index (χ4v) is 6.21. The SMILES string of the molecule is CCSc1ccccc1N1CCN(CCCN2C(=O)C[C@@H](c3cccc4ccccc34)C2=O)CC1. The van der Waals surface area contributed by atoms with Crippen LogP contribution in [0, 0.1) is 0 Å². The van der Waals surface area contributed by atoms with Crippen molar-refractivity contribution in [2.75, 3.05) is 49.9 Å². The number of rotatable bonds is 8. The zero-order chi connectivity index (χ0) is 24.2. The van der Waals surface area contributed by atoms with Crippen LogP contribution in [-0.4, -0.2) is 66.6 Å². The third-order valence-corrected chi connectivity index (χ3v) is 8.12. The molecule has 0 unspecified atom stereocenters. The number of likely N-dealkylation sites (tertiary alicyclic amines) is 1. The molecule has 2 aliphatic rings. The van der Waals surface area contributed by atoms with Gasteiger partial charge in [0.1, 0.15) is 0 Å². The molecular formula is C29H33N3O2S. The fourth-order valence-electron chi connectivity index (χ4n) is 5.38. The highest BCUT2D eigenvalue weighted by Crippen LogP contribution is 2.34. The molecule has 2 fully saturated rings. The Morgan fingerprint density at radius 2 is 1.60 bits per heavy atom. The monoisotopic (exact) mass is 487 g/mol. The van der Waals surface area contributed by atoms with Crippen LogP contribution in [0.25, 0.3) is 10.8 Å². The Hall–Kier alpha value is -2.83. The minimum atomic E-state index is -0.363. The Labute approximate surface area is 212 Å². The molecule has 0 bridgehead atoms. The number of piperazine rings is 1. The second-order valence-electron chi connectivity index (χ2n) is 9.29. The summed E-state index contributed by atoms with van der Waals surface area (Å²) in [5.41, 5.74) is 2.31. The number of nitrogens with zero attached hydrogens (tertiary/aromatic N) is 3. The fraction of sp³-hybridized carbons (Fsp3) is 0.379. The van der Waals surface area contributed by atoms with Gasteiger partial charge < -0.3 is 4.90 Å². The number of thioether (sulfide) groups is 1. The van der Waals surface area contributed by atoms with Crippen molar-refractivity contribution in [3.8, 4) is 0 Å². The molecule has 2 heterocycles. The average molecular weight is 488 g/mol. The van der Waals surface area contributed by atoms with Crippen molar-refractivity contribution in [1.82, 2.24) is 9.80 Å². The molecule has 2 saturated heterocycles. The highest BCUT2D eigenvalue weighted by atomic mass is 32.2. The first-order valence-corrected chi connectivity index (χ1v) is 13.6. The van der Waals surface area contributed by atoms with Crippen molar-refractivity contribution < 1.29 is 9.59 Å². The molecule has 2 amide bonds. The summed E-state index contributed by atoms with van der Waals surface area (Å²) in [7, 11) is 0. The topological polar surface area (TPSA) is 43.9 Å². The average Bonchev–Trinajstić information content (AvgIpc) is 3.17. The van der Waals surface area contributed by atoms with Crippen LogP contribution in [0.5, 0.6) is 0 Å². The lowest BCUT2D eigenvalue weighted by atomic mass is 9.92. The van der Waals surface area contributed by atoms with Crippen LogP contribution in [0.3, 0.4) is 0 Å². The molecule has 35 heavy (non-hydrogen) atoms. The van der Waals surface area contributed by atoms with E-state index in [2.05, 4.69) is 53.1 Å². The van der Waals surface area contributed by atoms with Gasteiger partial charge in [-0.2, -0.15) is 0 Å². The highest BCUT2D eigenvalue weighted by Gasteiger charge is 2.39. The van der Waals surface area contributed by atoms with Crippen molar-refractivity contribution in [3.05, 3.63) is 72.3 Å². The van der Waals surface area contributed by atoms with E-state index in [4.69, 9.17) is 0 Å². The maximum absolute atomic E-state index is 13.2. The molecule has 5 nitrogen and oxygen atoms in total. The van der Waals surface area contributed by atoms with Crippen LogP contribution in [0.1, 0.15) is 31.2 Å². The minimum Gasteiger partial charge on any atom is -0.368 e. The van der Waals surface area contributed by atoms with E-state index in [1.54, 1.807) is 0 Å². The predicted molar refractivity (Wildman–Crippen MR) is 144 cm³/mol. The van der Waals surface area contributed by atoms with E-state index in [-0.39, 0.29) is 24.2 Å². The van der Waals surface area contributed by atoms with Crippen LogP contribution < -0.4 is 4.90 Å². The Morgan fingerprint density at radius 3 is 2.43 bits per heavy atom. The van der Waals surface area contributed by atoms with Crippen molar-refractivity contribution >= 4 is 40.0 Å². The number of benzene rings is 3. The van der Waals surface area contributed by atoms with Crippen molar-refractivity contribution in [1.29, 1.82) is 0 Å². The van der Waals surface area contributed by atoms with Gasteiger partial charge in [-0.1, -0.05) is 61.5 Å². The lowest BCUT2D eigenvalue weighted by Gasteiger charge is -2.37. The minimum absolute atomic E-state index is 0.0391. The highest BCUT2D eigenvalue weighted by molar-refractivity contribution is 7.99. The molecule has 6 heteroatoms. The van der Waals surface area contributed by atoms with Gasteiger partial charge in [-0.15, -0.1) is 11.8 Å². The number of hydrogen-bond acceptors (Lipinski definition) is 5. The lowest BCUT2D eigenvalue weighted by molar-refractivity contribution is -0.138. The van der Waals surface area contributed by atoms with Crippen LogP contribution in [0.4, 0.5) is 5.69 Å². The van der Waals surface area contributed by atoms with E-state index in [0.29, 0.717) is 6.54 Å². The lowest BCUT2D eigenvalue weighted by Crippen LogP contribution is -2.47.